The number of likely N-dealkylation sites (tertiary alicyclic amines) is 1. The van der Waals surface area contributed by atoms with Crippen LogP contribution in [0.4, 0.5) is 0 Å². The fraction of sp³-hybridized carbons (Fsp3) is 0.190. The number of rotatable bonds is 6. The van der Waals surface area contributed by atoms with Crippen LogP contribution in [-0.2, 0) is 21.4 Å². The van der Waals surface area contributed by atoms with Crippen molar-refractivity contribution in [1.29, 1.82) is 5.26 Å². The van der Waals surface area contributed by atoms with Crippen molar-refractivity contribution in [3.05, 3.63) is 71.0 Å². The first-order valence-corrected chi connectivity index (χ1v) is 12.0. The van der Waals surface area contributed by atoms with Crippen LogP contribution in [0.3, 0.4) is 0 Å². The summed E-state index contributed by atoms with van der Waals surface area (Å²) in [5.41, 5.74) is 2.06. The van der Waals surface area contributed by atoms with Crippen molar-refractivity contribution in [1.82, 2.24) is 14.6 Å². The molecule has 0 spiro atoms. The maximum Gasteiger partial charge on any atom is 0.250 e. The average molecular weight is 473 g/mol. The van der Waals surface area contributed by atoms with Gasteiger partial charge in [-0.25, -0.2) is 8.42 Å². The van der Waals surface area contributed by atoms with Crippen LogP contribution in [0.1, 0.15) is 17.5 Å². The fourth-order valence-corrected chi connectivity index (χ4v) is 6.44. The normalized spacial score (nSPS) is 16.5. The highest BCUT2D eigenvalue weighted by molar-refractivity contribution is 7.91. The number of nitrogens with zero attached hydrogens (tertiary/aromatic N) is 3. The van der Waals surface area contributed by atoms with Crippen molar-refractivity contribution >= 4 is 38.9 Å². The van der Waals surface area contributed by atoms with Gasteiger partial charge in [0.1, 0.15) is 10.3 Å². The molecule has 0 saturated carbocycles. The Hall–Kier alpha value is -2.77. The van der Waals surface area contributed by atoms with E-state index in [4.69, 9.17) is 16.9 Å². The smallest absolute Gasteiger partial charge is 0.250 e. The molecule has 1 aliphatic heterocycles. The number of hydrogen-bond donors (Lipinski definition) is 1. The Bertz CT molecular complexity index is 1270. The molecule has 1 N–H and O–H groups in total. The van der Waals surface area contributed by atoms with Crippen molar-refractivity contribution in [2.45, 2.75) is 23.2 Å². The Balaban J connectivity index is 1.48. The number of thiophene rings is 1. The van der Waals surface area contributed by atoms with Crippen LogP contribution >= 0.6 is 22.9 Å². The van der Waals surface area contributed by atoms with Crippen molar-refractivity contribution in [2.24, 2.45) is 0 Å². The molecule has 1 fully saturated rings. The lowest BCUT2D eigenvalue weighted by Crippen LogP contribution is -2.41. The number of carbonyl (C=O) groups is 1. The monoisotopic (exact) mass is 472 g/mol. The fourth-order valence-electron chi connectivity index (χ4n) is 3.38. The summed E-state index contributed by atoms with van der Waals surface area (Å²) in [6, 6.07) is 13.2. The zero-order valence-electron chi connectivity index (χ0n) is 16.2. The van der Waals surface area contributed by atoms with Gasteiger partial charge in [0.2, 0.25) is 5.91 Å². The lowest BCUT2D eigenvalue weighted by molar-refractivity contribution is -0.129. The average Bonchev–Trinajstić information content (AvgIpc) is 3.32. The zero-order valence-corrected chi connectivity index (χ0v) is 18.5. The predicted octanol–water partition coefficient (Wildman–Crippen LogP) is 3.41. The van der Waals surface area contributed by atoms with Gasteiger partial charge >= 0.3 is 0 Å². The first-order chi connectivity index (χ1) is 14.9. The van der Waals surface area contributed by atoms with Crippen LogP contribution in [0.25, 0.3) is 10.4 Å². The third-order valence-electron chi connectivity index (χ3n) is 4.88. The van der Waals surface area contributed by atoms with Gasteiger partial charge in [0, 0.05) is 31.0 Å². The standard InChI is InChI=1S/C21H17ClN4O3S2/c22-17-10-19(30-20(17)16-5-2-7-24-12-16)31(28,29)25-18-6-8-26(21(18)27)13-15-4-1-3-14(9-15)11-23/h1-5,7,9-10,12,18,25H,6,8,13H2/t18-/m0/s1. The van der Waals surface area contributed by atoms with E-state index in [0.717, 1.165) is 22.5 Å². The molecule has 10 heteroatoms. The van der Waals surface area contributed by atoms with E-state index in [-0.39, 0.29) is 10.1 Å². The van der Waals surface area contributed by atoms with Crippen molar-refractivity contribution < 1.29 is 13.2 Å². The quantitative estimate of drug-likeness (QED) is 0.592. The molecule has 0 unspecified atom stereocenters. The molecule has 1 amide bonds. The van der Waals surface area contributed by atoms with Crippen LogP contribution in [-0.4, -0.2) is 36.8 Å². The summed E-state index contributed by atoms with van der Waals surface area (Å²) >= 11 is 7.30. The second-order valence-electron chi connectivity index (χ2n) is 7.02. The Morgan fingerprint density at radius 2 is 2.13 bits per heavy atom. The number of amides is 1. The van der Waals surface area contributed by atoms with E-state index in [9.17, 15) is 13.2 Å². The molecule has 3 heterocycles. The topological polar surface area (TPSA) is 103 Å². The Morgan fingerprint density at radius 3 is 2.87 bits per heavy atom. The summed E-state index contributed by atoms with van der Waals surface area (Å²) in [7, 11) is -3.92. The molecule has 3 aromatic rings. The molecule has 31 heavy (non-hydrogen) atoms. The number of sulfonamides is 1. The number of aromatic nitrogens is 1. The Labute approximate surface area is 189 Å². The molecule has 1 aliphatic rings. The van der Waals surface area contributed by atoms with Gasteiger partial charge in [0.15, 0.2) is 0 Å². The number of benzene rings is 1. The maximum absolute atomic E-state index is 12.9. The van der Waals surface area contributed by atoms with Gasteiger partial charge in [-0.05, 0) is 36.2 Å². The minimum Gasteiger partial charge on any atom is -0.337 e. The molecule has 1 atom stereocenters. The molecule has 7 nitrogen and oxygen atoms in total. The molecular formula is C21H17ClN4O3S2. The molecule has 0 bridgehead atoms. The maximum atomic E-state index is 12.9. The highest BCUT2D eigenvalue weighted by Crippen LogP contribution is 2.38. The zero-order chi connectivity index (χ0) is 22.0. The van der Waals surface area contributed by atoms with Gasteiger partial charge in [-0.15, -0.1) is 11.3 Å². The first kappa shape index (κ1) is 21.5. The van der Waals surface area contributed by atoms with Gasteiger partial charge in [0.25, 0.3) is 10.0 Å². The second kappa shape index (κ2) is 8.77. The van der Waals surface area contributed by atoms with Crippen molar-refractivity contribution in [3.8, 4) is 16.5 Å². The van der Waals surface area contributed by atoms with Crippen LogP contribution in [0, 0.1) is 11.3 Å². The van der Waals surface area contributed by atoms with E-state index in [0.29, 0.717) is 35.0 Å². The summed E-state index contributed by atoms with van der Waals surface area (Å²) in [6.45, 7) is 0.748. The highest BCUT2D eigenvalue weighted by atomic mass is 35.5. The number of hydrogen-bond acceptors (Lipinski definition) is 6. The first-order valence-electron chi connectivity index (χ1n) is 9.37. The third kappa shape index (κ3) is 4.62. The van der Waals surface area contributed by atoms with E-state index in [1.807, 2.05) is 6.07 Å². The van der Waals surface area contributed by atoms with E-state index in [2.05, 4.69) is 15.8 Å². The van der Waals surface area contributed by atoms with E-state index >= 15 is 0 Å². The molecule has 2 aromatic heterocycles. The van der Waals surface area contributed by atoms with Crippen LogP contribution in [0.5, 0.6) is 0 Å². The van der Waals surface area contributed by atoms with Gasteiger partial charge in [-0.1, -0.05) is 29.8 Å². The summed E-state index contributed by atoms with van der Waals surface area (Å²) in [4.78, 5) is 19.0. The number of pyridine rings is 1. The van der Waals surface area contributed by atoms with Crippen LogP contribution in [0.15, 0.2) is 59.1 Å². The second-order valence-corrected chi connectivity index (χ2v) is 10.4. The van der Waals surface area contributed by atoms with Gasteiger partial charge in [0.05, 0.1) is 21.5 Å². The van der Waals surface area contributed by atoms with Gasteiger partial charge < -0.3 is 4.90 Å². The lowest BCUT2D eigenvalue weighted by Gasteiger charge is -2.17. The molecule has 1 aromatic carbocycles. The molecule has 0 aliphatic carbocycles. The molecule has 1 saturated heterocycles. The number of carbonyl (C=O) groups excluding carboxylic acids is 1. The van der Waals surface area contributed by atoms with Crippen molar-refractivity contribution in [2.75, 3.05) is 6.54 Å². The predicted molar refractivity (Wildman–Crippen MR) is 118 cm³/mol. The number of nitriles is 1. The van der Waals surface area contributed by atoms with Gasteiger partial charge in [-0.3, -0.25) is 9.78 Å². The Kier molecular flexibility index (Phi) is 6.07. The largest absolute Gasteiger partial charge is 0.337 e. The molecule has 4 rings (SSSR count). The summed E-state index contributed by atoms with van der Waals surface area (Å²) in [5, 5.41) is 9.34. The summed E-state index contributed by atoms with van der Waals surface area (Å²) < 4.78 is 28.4. The minimum absolute atomic E-state index is 0.0457. The van der Waals surface area contributed by atoms with Crippen LogP contribution < -0.4 is 4.72 Å². The Morgan fingerprint density at radius 1 is 1.29 bits per heavy atom. The molecule has 158 valence electrons. The lowest BCUT2D eigenvalue weighted by atomic mass is 10.1. The minimum atomic E-state index is -3.92. The van der Waals surface area contributed by atoms with Gasteiger partial charge in [-0.2, -0.15) is 9.98 Å². The number of halogens is 1. The SMILES string of the molecule is N#Cc1cccc(CN2CC[C@H](NS(=O)(=O)c3cc(Cl)c(-c4cccnc4)s3)C2=O)c1. The van der Waals surface area contributed by atoms with E-state index in [1.54, 1.807) is 47.6 Å². The van der Waals surface area contributed by atoms with Crippen molar-refractivity contribution in [3.63, 3.8) is 0 Å². The van der Waals surface area contributed by atoms with E-state index in [1.165, 1.54) is 6.07 Å². The van der Waals surface area contributed by atoms with E-state index < -0.39 is 16.1 Å². The highest BCUT2D eigenvalue weighted by Gasteiger charge is 2.35. The molecular weight excluding hydrogens is 456 g/mol. The molecule has 0 radical (unpaired) electrons. The van der Waals surface area contributed by atoms with Crippen LogP contribution in [0.2, 0.25) is 5.02 Å². The number of nitrogens with one attached hydrogen (secondary N) is 1. The summed E-state index contributed by atoms with van der Waals surface area (Å²) in [5.74, 6) is -0.291. The summed E-state index contributed by atoms with van der Waals surface area (Å²) in [6.07, 6.45) is 3.60. The third-order valence-corrected chi connectivity index (χ3v) is 8.42.